The van der Waals surface area contributed by atoms with Crippen molar-refractivity contribution in [2.24, 2.45) is 0 Å². The van der Waals surface area contributed by atoms with Crippen LogP contribution < -0.4 is 16.0 Å². The molecule has 0 aromatic heterocycles. The molecule has 1 aromatic rings. The molecular formula is C22H26N4O4. The minimum absolute atomic E-state index is 0.120. The van der Waals surface area contributed by atoms with Crippen LogP contribution in [-0.2, 0) is 16.1 Å². The Balaban J connectivity index is 1.35. The van der Waals surface area contributed by atoms with Crippen molar-refractivity contribution < 1.29 is 19.2 Å². The van der Waals surface area contributed by atoms with E-state index >= 15 is 0 Å². The van der Waals surface area contributed by atoms with Crippen LogP contribution in [0.2, 0.25) is 0 Å². The van der Waals surface area contributed by atoms with Gasteiger partial charge < -0.3 is 10.6 Å². The van der Waals surface area contributed by atoms with Crippen molar-refractivity contribution in [3.05, 3.63) is 34.9 Å². The van der Waals surface area contributed by atoms with E-state index < -0.39 is 23.8 Å². The maximum atomic E-state index is 13.2. The molecule has 1 aromatic carbocycles. The molecule has 2 bridgehead atoms. The normalized spacial score (nSPS) is 31.0. The monoisotopic (exact) mass is 410 g/mol. The molecule has 4 unspecified atom stereocenters. The lowest BCUT2D eigenvalue weighted by Crippen LogP contribution is -2.54. The van der Waals surface area contributed by atoms with Crippen LogP contribution in [0.25, 0.3) is 0 Å². The second-order valence-electron chi connectivity index (χ2n) is 8.75. The Morgan fingerprint density at radius 2 is 1.87 bits per heavy atom. The standard InChI is InChI=1S/C22H26N4O4/c27-18-10-9-17(20(28)25-18)26-21(29)14-5-1-3-12(19(14)22(26)30)11-23-15-6-2-4-13-7-8-16(15)24-13/h1,3,5,13,15-17,23-24H,2,4,6-11H2,(H,25,27,28). The van der Waals surface area contributed by atoms with Crippen molar-refractivity contribution in [2.45, 2.75) is 75.7 Å². The Labute approximate surface area is 174 Å². The first-order chi connectivity index (χ1) is 14.5. The van der Waals surface area contributed by atoms with Crippen LogP contribution in [0.15, 0.2) is 18.2 Å². The molecule has 5 rings (SSSR count). The van der Waals surface area contributed by atoms with Crippen LogP contribution in [0, 0.1) is 0 Å². The highest BCUT2D eigenvalue weighted by Gasteiger charge is 2.45. The van der Waals surface area contributed by atoms with Crippen LogP contribution in [0.4, 0.5) is 0 Å². The zero-order valence-corrected chi connectivity index (χ0v) is 16.8. The van der Waals surface area contributed by atoms with Gasteiger partial charge in [-0.3, -0.25) is 29.4 Å². The van der Waals surface area contributed by atoms with E-state index in [0.717, 1.165) is 23.3 Å². The molecule has 8 heteroatoms. The van der Waals surface area contributed by atoms with Gasteiger partial charge in [0.15, 0.2) is 0 Å². The van der Waals surface area contributed by atoms with Gasteiger partial charge in [0.05, 0.1) is 11.1 Å². The third kappa shape index (κ3) is 3.24. The largest absolute Gasteiger partial charge is 0.310 e. The number of amides is 4. The Morgan fingerprint density at radius 1 is 1.00 bits per heavy atom. The highest BCUT2D eigenvalue weighted by molar-refractivity contribution is 6.24. The summed E-state index contributed by atoms with van der Waals surface area (Å²) in [6.45, 7) is 0.499. The van der Waals surface area contributed by atoms with Gasteiger partial charge in [-0.15, -0.1) is 0 Å². The molecule has 4 atom stereocenters. The van der Waals surface area contributed by atoms with E-state index in [9.17, 15) is 19.2 Å². The number of benzene rings is 1. The Hall–Kier alpha value is -2.58. The Morgan fingerprint density at radius 3 is 2.70 bits per heavy atom. The number of fused-ring (bicyclic) bond motifs is 3. The fraction of sp³-hybridized carbons (Fsp3) is 0.545. The predicted octanol–water partition coefficient (Wildman–Crippen LogP) is 0.851. The molecule has 4 amide bonds. The number of hydrogen-bond donors (Lipinski definition) is 3. The second-order valence-corrected chi connectivity index (χ2v) is 8.75. The van der Waals surface area contributed by atoms with Gasteiger partial charge in [0, 0.05) is 31.1 Å². The fourth-order valence-electron chi connectivity index (χ4n) is 5.40. The minimum Gasteiger partial charge on any atom is -0.310 e. The number of hydrogen-bond acceptors (Lipinski definition) is 6. The molecule has 4 heterocycles. The maximum absolute atomic E-state index is 13.2. The molecule has 0 spiro atoms. The van der Waals surface area contributed by atoms with Crippen molar-refractivity contribution in [1.29, 1.82) is 0 Å². The molecular weight excluding hydrogens is 384 g/mol. The first-order valence-corrected chi connectivity index (χ1v) is 10.9. The summed E-state index contributed by atoms with van der Waals surface area (Å²) in [5.41, 5.74) is 1.49. The van der Waals surface area contributed by atoms with Crippen molar-refractivity contribution in [3.63, 3.8) is 0 Å². The van der Waals surface area contributed by atoms with Crippen LogP contribution in [0.3, 0.4) is 0 Å². The lowest BCUT2D eigenvalue weighted by Gasteiger charge is -2.28. The van der Waals surface area contributed by atoms with Gasteiger partial charge in [0.1, 0.15) is 6.04 Å². The van der Waals surface area contributed by atoms with Gasteiger partial charge in [-0.2, -0.15) is 0 Å². The fourth-order valence-corrected chi connectivity index (χ4v) is 5.40. The van der Waals surface area contributed by atoms with Crippen LogP contribution in [0.1, 0.15) is 71.2 Å². The molecule has 4 aliphatic rings. The summed E-state index contributed by atoms with van der Waals surface area (Å²) in [4.78, 5) is 50.9. The van der Waals surface area contributed by atoms with Crippen LogP contribution >= 0.6 is 0 Å². The van der Waals surface area contributed by atoms with Gasteiger partial charge in [-0.1, -0.05) is 18.6 Å². The van der Waals surface area contributed by atoms with Gasteiger partial charge >= 0.3 is 0 Å². The van der Waals surface area contributed by atoms with Gasteiger partial charge in [0.25, 0.3) is 11.8 Å². The molecule has 0 saturated carbocycles. The van der Waals surface area contributed by atoms with Gasteiger partial charge in [-0.05, 0) is 43.7 Å². The summed E-state index contributed by atoms with van der Waals surface area (Å²) >= 11 is 0. The maximum Gasteiger partial charge on any atom is 0.262 e. The van der Waals surface area contributed by atoms with E-state index in [2.05, 4.69) is 16.0 Å². The minimum atomic E-state index is -0.933. The Bertz CT molecular complexity index is 930. The van der Waals surface area contributed by atoms with Gasteiger partial charge in [0.2, 0.25) is 11.8 Å². The number of carbonyl (C=O) groups is 4. The topological polar surface area (TPSA) is 108 Å². The summed E-state index contributed by atoms with van der Waals surface area (Å²) in [7, 11) is 0. The van der Waals surface area contributed by atoms with E-state index in [1.807, 2.05) is 6.07 Å². The number of nitrogens with one attached hydrogen (secondary N) is 3. The van der Waals surface area contributed by atoms with Gasteiger partial charge in [-0.25, -0.2) is 0 Å². The van der Waals surface area contributed by atoms with E-state index in [4.69, 9.17) is 0 Å². The third-order valence-electron chi connectivity index (χ3n) is 6.94. The molecule has 8 nitrogen and oxygen atoms in total. The zero-order valence-electron chi connectivity index (χ0n) is 16.8. The molecule has 0 radical (unpaired) electrons. The number of nitrogens with zero attached hydrogens (tertiary/aromatic N) is 1. The summed E-state index contributed by atoms with van der Waals surface area (Å²) in [5, 5.41) is 9.55. The summed E-state index contributed by atoms with van der Waals surface area (Å²) in [6.07, 6.45) is 6.16. The number of piperidine rings is 1. The summed E-state index contributed by atoms with van der Waals surface area (Å²) in [5.74, 6) is -1.85. The van der Waals surface area contributed by atoms with Crippen molar-refractivity contribution in [3.8, 4) is 0 Å². The van der Waals surface area contributed by atoms with Crippen LogP contribution in [-0.4, -0.2) is 52.7 Å². The van der Waals surface area contributed by atoms with Crippen LogP contribution in [0.5, 0.6) is 0 Å². The predicted molar refractivity (Wildman–Crippen MR) is 108 cm³/mol. The number of rotatable bonds is 4. The molecule has 158 valence electrons. The van der Waals surface area contributed by atoms with Crippen molar-refractivity contribution >= 4 is 23.6 Å². The zero-order chi connectivity index (χ0) is 20.8. The first-order valence-electron chi connectivity index (χ1n) is 10.9. The highest BCUT2D eigenvalue weighted by atomic mass is 16.2. The number of imide groups is 2. The lowest BCUT2D eigenvalue weighted by atomic mass is 9.96. The van der Waals surface area contributed by atoms with Crippen molar-refractivity contribution in [2.75, 3.05) is 0 Å². The molecule has 4 aliphatic heterocycles. The summed E-state index contributed by atoms with van der Waals surface area (Å²) < 4.78 is 0. The van der Waals surface area contributed by atoms with E-state index in [1.165, 1.54) is 19.3 Å². The Kier molecular flexibility index (Phi) is 4.91. The van der Waals surface area contributed by atoms with E-state index in [1.54, 1.807) is 12.1 Å². The highest BCUT2D eigenvalue weighted by Crippen LogP contribution is 2.31. The third-order valence-corrected chi connectivity index (χ3v) is 6.94. The molecule has 0 aliphatic carbocycles. The average molecular weight is 410 g/mol. The summed E-state index contributed by atoms with van der Waals surface area (Å²) in [6, 6.07) is 5.78. The molecule has 3 N–H and O–H groups in total. The molecule has 3 fully saturated rings. The second kappa shape index (κ2) is 7.59. The van der Waals surface area contributed by atoms with Crippen molar-refractivity contribution in [1.82, 2.24) is 20.9 Å². The molecule has 3 saturated heterocycles. The first kappa shape index (κ1) is 19.4. The van der Waals surface area contributed by atoms with E-state index in [-0.39, 0.29) is 18.7 Å². The quantitative estimate of drug-likeness (QED) is 0.636. The smallest absolute Gasteiger partial charge is 0.262 e. The average Bonchev–Trinajstić information content (AvgIpc) is 3.21. The molecule has 30 heavy (non-hydrogen) atoms. The lowest BCUT2D eigenvalue weighted by molar-refractivity contribution is -0.136. The number of carbonyl (C=O) groups excluding carboxylic acids is 4. The SMILES string of the molecule is O=C1CCC(N2C(=O)c3cccc(CNC4CCCC5CCC4N5)c3C2=O)C(=O)N1. The van der Waals surface area contributed by atoms with E-state index in [0.29, 0.717) is 35.8 Å².